The Bertz CT molecular complexity index is 2440. The van der Waals surface area contributed by atoms with Crippen molar-refractivity contribution in [2.45, 2.75) is 0 Å². The lowest BCUT2D eigenvalue weighted by Gasteiger charge is -2.13. The van der Waals surface area contributed by atoms with Crippen LogP contribution in [0.1, 0.15) is 0 Å². The highest BCUT2D eigenvalue weighted by atomic mass is 16.6. The normalized spacial score (nSPS) is 11.3. The van der Waals surface area contributed by atoms with Crippen molar-refractivity contribution >= 4 is 44.2 Å². The van der Waals surface area contributed by atoms with Gasteiger partial charge >= 0.3 is 0 Å². The number of rotatable bonds is 6. The molecule has 0 amide bonds. The smallest absolute Gasteiger partial charge is 0.277 e. The van der Waals surface area contributed by atoms with E-state index >= 15 is 0 Å². The first-order valence-corrected chi connectivity index (χ1v) is 14.8. The third-order valence-corrected chi connectivity index (χ3v) is 8.52. The molecule has 0 bridgehead atoms. The van der Waals surface area contributed by atoms with Gasteiger partial charge in [0, 0.05) is 46.4 Å². The number of aromatic nitrogens is 3. The fraction of sp³-hybridized carbons (Fsp3) is 0. The van der Waals surface area contributed by atoms with Crippen LogP contribution in [0.15, 0.2) is 140 Å². The molecule has 0 aliphatic heterocycles. The Morgan fingerprint density at radius 1 is 0.489 bits per heavy atom. The first-order valence-electron chi connectivity index (χ1n) is 14.8. The van der Waals surface area contributed by atoms with Gasteiger partial charge in [-0.15, -0.1) is 0 Å². The Morgan fingerprint density at radius 3 is 1.68 bits per heavy atom. The van der Waals surface area contributed by atoms with Gasteiger partial charge in [-0.05, 0) is 76.9 Å². The second-order valence-electron chi connectivity index (χ2n) is 11.1. The summed E-state index contributed by atoms with van der Waals surface area (Å²) in [5, 5.41) is 26.7. The molecule has 0 spiro atoms. The molecule has 0 saturated carbocycles. The Labute approximate surface area is 267 Å². The van der Waals surface area contributed by atoms with E-state index < -0.39 is 0 Å². The molecule has 47 heavy (non-hydrogen) atoms. The summed E-state index contributed by atoms with van der Waals surface area (Å²) in [6.45, 7) is 0. The maximum atomic E-state index is 11.9. The molecule has 9 nitrogen and oxygen atoms in total. The molecule has 0 N–H and O–H groups in total. The van der Waals surface area contributed by atoms with Crippen LogP contribution in [0.3, 0.4) is 0 Å². The van der Waals surface area contributed by atoms with E-state index in [-0.39, 0.29) is 21.2 Å². The van der Waals surface area contributed by atoms with Crippen LogP contribution in [0.25, 0.3) is 71.9 Å². The highest BCUT2D eigenvalue weighted by molar-refractivity contribution is 6.11. The minimum atomic E-state index is -0.370. The topological polar surface area (TPSA) is 117 Å². The molecule has 0 aliphatic carbocycles. The van der Waals surface area contributed by atoms with E-state index in [1.807, 2.05) is 72.8 Å². The fourth-order valence-corrected chi connectivity index (χ4v) is 6.43. The predicted octanol–water partition coefficient (Wildman–Crippen LogP) is 9.54. The van der Waals surface area contributed by atoms with Crippen LogP contribution in [0.4, 0.5) is 11.4 Å². The van der Waals surface area contributed by atoms with E-state index in [2.05, 4.69) is 20.6 Å². The number of hydrogen-bond acceptors (Lipinski definition) is 6. The Kier molecular flexibility index (Phi) is 6.51. The van der Waals surface area contributed by atoms with E-state index in [1.165, 1.54) is 12.1 Å². The van der Waals surface area contributed by atoms with Crippen molar-refractivity contribution in [3.8, 4) is 39.1 Å². The van der Waals surface area contributed by atoms with Crippen LogP contribution >= 0.6 is 0 Å². The summed E-state index contributed by atoms with van der Waals surface area (Å²) in [5.41, 5.74) is 7.61. The lowest BCUT2D eigenvalue weighted by atomic mass is 10.0. The number of fused-ring (bicyclic) bond motifs is 4. The first-order chi connectivity index (χ1) is 23.0. The summed E-state index contributed by atoms with van der Waals surface area (Å²) in [7, 11) is 0. The summed E-state index contributed by atoms with van der Waals surface area (Å²) < 4.78 is 2.12. The van der Waals surface area contributed by atoms with Crippen LogP contribution in [0, 0.1) is 20.2 Å². The number of pyridine rings is 2. The zero-order valence-electron chi connectivity index (χ0n) is 24.6. The summed E-state index contributed by atoms with van der Waals surface area (Å²) in [4.78, 5) is 32.0. The molecule has 9 heteroatoms. The van der Waals surface area contributed by atoms with Crippen molar-refractivity contribution < 1.29 is 9.85 Å². The van der Waals surface area contributed by atoms with E-state index in [0.29, 0.717) is 27.9 Å². The standard InChI is InChI=1S/C38H23N5O4/c44-42(45)34-12-3-1-9-29(34)25-14-16-31-32-17-15-26(30-10-2-4-13-35(30)43(46)47)23-37(32)41(36(31)22-25)27-8-5-7-24(21-27)28-18-20-40-38-33(28)11-6-19-39-38/h1-23H. The molecule has 0 atom stereocenters. The van der Waals surface area contributed by atoms with Gasteiger partial charge in [0.15, 0.2) is 5.65 Å². The predicted molar refractivity (Wildman–Crippen MR) is 183 cm³/mol. The van der Waals surface area contributed by atoms with Gasteiger partial charge in [-0.2, -0.15) is 0 Å². The first kappa shape index (κ1) is 27.8. The van der Waals surface area contributed by atoms with E-state index in [0.717, 1.165) is 44.0 Å². The van der Waals surface area contributed by atoms with E-state index in [9.17, 15) is 20.2 Å². The van der Waals surface area contributed by atoms with Gasteiger partial charge in [-0.25, -0.2) is 9.97 Å². The van der Waals surface area contributed by atoms with Gasteiger partial charge in [0.05, 0.1) is 32.0 Å². The van der Waals surface area contributed by atoms with E-state index in [4.69, 9.17) is 0 Å². The molecule has 5 aromatic carbocycles. The second kappa shape index (κ2) is 11.0. The summed E-state index contributed by atoms with van der Waals surface area (Å²) in [5.74, 6) is 0. The molecule has 0 aliphatic rings. The molecule has 3 heterocycles. The molecule has 3 aromatic heterocycles. The molecule has 224 valence electrons. The molecular weight excluding hydrogens is 590 g/mol. The van der Waals surface area contributed by atoms with Crippen LogP contribution in [-0.4, -0.2) is 24.4 Å². The van der Waals surface area contributed by atoms with Gasteiger partial charge in [0.2, 0.25) is 0 Å². The van der Waals surface area contributed by atoms with Crippen molar-refractivity contribution in [2.75, 3.05) is 0 Å². The van der Waals surface area contributed by atoms with Crippen LogP contribution < -0.4 is 0 Å². The zero-order valence-corrected chi connectivity index (χ0v) is 24.6. The number of para-hydroxylation sites is 2. The molecule has 0 saturated heterocycles. The minimum absolute atomic E-state index is 0.0216. The van der Waals surface area contributed by atoms with Gasteiger partial charge < -0.3 is 4.57 Å². The van der Waals surface area contributed by atoms with Crippen LogP contribution in [0.2, 0.25) is 0 Å². The summed E-state index contributed by atoms with van der Waals surface area (Å²) in [6.07, 6.45) is 3.47. The Morgan fingerprint density at radius 2 is 1.06 bits per heavy atom. The number of nitro benzene ring substituents is 2. The SMILES string of the molecule is O=[N+]([O-])c1ccccc1-c1ccc2c3ccc(-c4ccccc4[N+](=O)[O-])cc3n(-c3cccc(-c4ccnc5ncccc45)c3)c2c1. The third kappa shape index (κ3) is 4.65. The third-order valence-electron chi connectivity index (χ3n) is 8.52. The fourth-order valence-electron chi connectivity index (χ4n) is 6.43. The van der Waals surface area contributed by atoms with Crippen molar-refractivity contribution in [3.63, 3.8) is 0 Å². The van der Waals surface area contributed by atoms with Crippen LogP contribution in [-0.2, 0) is 0 Å². The monoisotopic (exact) mass is 613 g/mol. The van der Waals surface area contributed by atoms with Crippen molar-refractivity contribution in [2.24, 2.45) is 0 Å². The lowest BCUT2D eigenvalue weighted by molar-refractivity contribution is -0.384. The highest BCUT2D eigenvalue weighted by Gasteiger charge is 2.20. The van der Waals surface area contributed by atoms with Gasteiger partial charge in [-0.1, -0.05) is 60.7 Å². The van der Waals surface area contributed by atoms with Gasteiger partial charge in [0.1, 0.15) is 0 Å². The van der Waals surface area contributed by atoms with Gasteiger partial charge in [-0.3, -0.25) is 20.2 Å². The van der Waals surface area contributed by atoms with Crippen LogP contribution in [0.5, 0.6) is 0 Å². The molecule has 8 aromatic rings. The van der Waals surface area contributed by atoms with Crippen molar-refractivity contribution in [1.29, 1.82) is 0 Å². The highest BCUT2D eigenvalue weighted by Crippen LogP contribution is 2.40. The molecule has 8 rings (SSSR count). The average molecular weight is 614 g/mol. The maximum Gasteiger partial charge on any atom is 0.277 e. The number of nitro groups is 2. The largest absolute Gasteiger partial charge is 0.309 e. The summed E-state index contributed by atoms with van der Waals surface area (Å²) in [6, 6.07) is 39.1. The quantitative estimate of drug-likeness (QED) is 0.136. The number of hydrogen-bond donors (Lipinski definition) is 0. The molecular formula is C38H23N5O4. The van der Waals surface area contributed by atoms with Crippen molar-refractivity contribution in [3.05, 3.63) is 160 Å². The van der Waals surface area contributed by atoms with Crippen molar-refractivity contribution in [1.82, 2.24) is 14.5 Å². The molecule has 0 radical (unpaired) electrons. The minimum Gasteiger partial charge on any atom is -0.309 e. The van der Waals surface area contributed by atoms with E-state index in [1.54, 1.807) is 48.8 Å². The Balaban J connectivity index is 1.42. The number of nitrogens with zero attached hydrogens (tertiary/aromatic N) is 5. The summed E-state index contributed by atoms with van der Waals surface area (Å²) >= 11 is 0. The Hall–Kier alpha value is -6.74. The zero-order chi connectivity index (χ0) is 32.1. The van der Waals surface area contributed by atoms with Gasteiger partial charge in [0.25, 0.3) is 11.4 Å². The second-order valence-corrected chi connectivity index (χ2v) is 11.1. The number of benzene rings is 5. The molecule has 0 fully saturated rings. The lowest BCUT2D eigenvalue weighted by Crippen LogP contribution is -1.96. The maximum absolute atomic E-state index is 11.9. The average Bonchev–Trinajstić information content (AvgIpc) is 3.44. The molecule has 0 unspecified atom stereocenters.